The van der Waals surface area contributed by atoms with Gasteiger partial charge in [-0.1, -0.05) is 11.6 Å². The lowest BCUT2D eigenvalue weighted by Gasteiger charge is -2.15. The largest absolute Gasteiger partial charge is 0.495 e. The minimum absolute atomic E-state index is 0.0695. The van der Waals surface area contributed by atoms with E-state index >= 15 is 0 Å². The molecule has 2 aromatic carbocycles. The quantitative estimate of drug-likeness (QED) is 0.709. The van der Waals surface area contributed by atoms with E-state index in [1.165, 1.54) is 51.5 Å². The molecule has 28 heavy (non-hydrogen) atoms. The molecule has 0 fully saturated rings. The summed E-state index contributed by atoms with van der Waals surface area (Å²) >= 11 is 5.94. The van der Waals surface area contributed by atoms with Gasteiger partial charge in [-0.3, -0.25) is 4.79 Å². The summed E-state index contributed by atoms with van der Waals surface area (Å²) in [6.07, 6.45) is 0. The molecule has 0 heterocycles. The first-order chi connectivity index (χ1) is 13.2. The Balaban J connectivity index is 2.14. The maximum Gasteiger partial charge on any atom is 0.243 e. The Morgan fingerprint density at radius 1 is 1.25 bits per heavy atom. The normalized spacial score (nSPS) is 11.0. The van der Waals surface area contributed by atoms with Crippen LogP contribution in [0.1, 0.15) is 5.56 Å². The van der Waals surface area contributed by atoms with Crippen LogP contribution in [-0.2, 0) is 14.8 Å². The van der Waals surface area contributed by atoms with Crippen LogP contribution in [0.5, 0.6) is 5.75 Å². The van der Waals surface area contributed by atoms with E-state index in [2.05, 4.69) is 10.6 Å². The Morgan fingerprint density at radius 3 is 2.54 bits per heavy atom. The zero-order valence-electron chi connectivity index (χ0n) is 15.5. The number of rotatable bonds is 7. The van der Waals surface area contributed by atoms with Crippen molar-refractivity contribution >= 4 is 38.9 Å². The minimum Gasteiger partial charge on any atom is -0.495 e. The zero-order chi connectivity index (χ0) is 20.9. The Kier molecular flexibility index (Phi) is 6.85. The second-order valence-corrected chi connectivity index (χ2v) is 8.42. The molecule has 1 amide bonds. The van der Waals surface area contributed by atoms with Gasteiger partial charge < -0.3 is 15.4 Å². The van der Waals surface area contributed by atoms with Gasteiger partial charge in [-0.15, -0.1) is 0 Å². The van der Waals surface area contributed by atoms with Crippen molar-refractivity contribution in [1.29, 1.82) is 5.26 Å². The summed E-state index contributed by atoms with van der Waals surface area (Å²) in [6, 6.07) is 10.8. The molecule has 0 atom stereocenters. The van der Waals surface area contributed by atoms with Gasteiger partial charge in [-0.05, 0) is 36.4 Å². The molecule has 10 heteroatoms. The first kappa shape index (κ1) is 21.5. The van der Waals surface area contributed by atoms with Crippen LogP contribution in [0.25, 0.3) is 0 Å². The van der Waals surface area contributed by atoms with Crippen molar-refractivity contribution in [3.05, 3.63) is 47.0 Å². The van der Waals surface area contributed by atoms with Gasteiger partial charge in [0.2, 0.25) is 15.9 Å². The van der Waals surface area contributed by atoms with E-state index in [9.17, 15) is 13.2 Å². The van der Waals surface area contributed by atoms with Crippen molar-refractivity contribution < 1.29 is 17.9 Å². The topological polar surface area (TPSA) is 112 Å². The number of ether oxygens (including phenoxy) is 1. The van der Waals surface area contributed by atoms with Gasteiger partial charge in [0.15, 0.2) is 0 Å². The number of sulfonamides is 1. The van der Waals surface area contributed by atoms with Gasteiger partial charge in [0, 0.05) is 19.8 Å². The van der Waals surface area contributed by atoms with E-state index in [-0.39, 0.29) is 22.4 Å². The van der Waals surface area contributed by atoms with Crippen molar-refractivity contribution in [2.24, 2.45) is 0 Å². The van der Waals surface area contributed by atoms with Crippen LogP contribution in [0.15, 0.2) is 41.3 Å². The predicted molar refractivity (Wildman–Crippen MR) is 107 cm³/mol. The molecule has 0 saturated heterocycles. The Labute approximate surface area is 168 Å². The highest BCUT2D eigenvalue weighted by Crippen LogP contribution is 2.28. The third-order valence-corrected chi connectivity index (χ3v) is 5.89. The number of nitrogens with one attached hydrogen (secondary N) is 2. The number of methoxy groups -OCH3 is 1. The SMILES string of the molecule is COc1ccc(S(=O)(=O)N(C)C)cc1NCC(=O)Nc1ccc(C#N)c(Cl)c1. The Bertz CT molecular complexity index is 1030. The van der Waals surface area contributed by atoms with E-state index < -0.39 is 10.0 Å². The molecular weight excluding hydrogens is 404 g/mol. The van der Waals surface area contributed by atoms with Gasteiger partial charge in [0.1, 0.15) is 11.8 Å². The van der Waals surface area contributed by atoms with Crippen molar-refractivity contribution in [2.75, 3.05) is 38.4 Å². The lowest BCUT2D eigenvalue weighted by atomic mass is 10.2. The van der Waals surface area contributed by atoms with Crippen molar-refractivity contribution in [1.82, 2.24) is 4.31 Å². The number of nitrogens with zero attached hydrogens (tertiary/aromatic N) is 2. The van der Waals surface area contributed by atoms with Gasteiger partial charge in [0.25, 0.3) is 0 Å². The standard InChI is InChI=1S/C18H19ClN4O4S/c1-23(2)28(25,26)14-6-7-17(27-3)16(9-14)21-11-18(24)22-13-5-4-12(10-20)15(19)8-13/h4-9,21H,11H2,1-3H3,(H,22,24). The molecule has 0 unspecified atom stereocenters. The average Bonchev–Trinajstić information content (AvgIpc) is 2.66. The van der Waals surface area contributed by atoms with Crippen molar-refractivity contribution in [3.63, 3.8) is 0 Å². The number of benzene rings is 2. The fourth-order valence-electron chi connectivity index (χ4n) is 2.26. The average molecular weight is 423 g/mol. The lowest BCUT2D eigenvalue weighted by molar-refractivity contribution is -0.114. The molecule has 0 bridgehead atoms. The predicted octanol–water partition coefficient (Wildman–Crippen LogP) is 2.52. The van der Waals surface area contributed by atoms with Crippen molar-refractivity contribution in [3.8, 4) is 11.8 Å². The van der Waals surface area contributed by atoms with Crippen LogP contribution in [0.3, 0.4) is 0 Å². The molecule has 8 nitrogen and oxygen atoms in total. The Hall–Kier alpha value is -2.80. The molecule has 0 aliphatic heterocycles. The van der Waals surface area contributed by atoms with Gasteiger partial charge >= 0.3 is 0 Å². The second kappa shape index (κ2) is 8.93. The highest BCUT2D eigenvalue weighted by Gasteiger charge is 2.19. The summed E-state index contributed by atoms with van der Waals surface area (Å²) in [4.78, 5) is 12.3. The number of carbonyl (C=O) groups excluding carboxylic acids is 1. The van der Waals surface area contributed by atoms with Gasteiger partial charge in [-0.2, -0.15) is 5.26 Å². The number of nitriles is 1. The van der Waals surface area contributed by atoms with E-state index in [4.69, 9.17) is 21.6 Å². The highest BCUT2D eigenvalue weighted by molar-refractivity contribution is 7.89. The number of anilines is 2. The molecule has 0 aromatic heterocycles. The number of hydrogen-bond acceptors (Lipinski definition) is 6. The fraction of sp³-hybridized carbons (Fsp3) is 0.222. The number of halogens is 1. The van der Waals surface area contributed by atoms with Crippen LogP contribution >= 0.6 is 11.6 Å². The van der Waals surface area contributed by atoms with Crippen LogP contribution in [0, 0.1) is 11.3 Å². The lowest BCUT2D eigenvalue weighted by Crippen LogP contribution is -2.23. The summed E-state index contributed by atoms with van der Waals surface area (Å²) < 4.78 is 30.9. The second-order valence-electron chi connectivity index (χ2n) is 5.86. The first-order valence-corrected chi connectivity index (χ1v) is 9.84. The third-order valence-electron chi connectivity index (χ3n) is 3.76. The third kappa shape index (κ3) is 4.92. The number of hydrogen-bond donors (Lipinski definition) is 2. The summed E-state index contributed by atoms with van der Waals surface area (Å²) in [5, 5.41) is 14.6. The summed E-state index contributed by atoms with van der Waals surface area (Å²) in [5.41, 5.74) is 1.10. The summed E-state index contributed by atoms with van der Waals surface area (Å²) in [7, 11) is 0.684. The van der Waals surface area contributed by atoms with E-state index in [1.807, 2.05) is 6.07 Å². The van der Waals surface area contributed by atoms with E-state index in [1.54, 1.807) is 6.07 Å². The summed E-state index contributed by atoms with van der Waals surface area (Å²) in [6.45, 7) is -0.139. The highest BCUT2D eigenvalue weighted by atomic mass is 35.5. The van der Waals surface area contributed by atoms with Gasteiger partial charge in [-0.25, -0.2) is 12.7 Å². The fourth-order valence-corrected chi connectivity index (χ4v) is 3.41. The van der Waals surface area contributed by atoms with E-state index in [0.29, 0.717) is 22.7 Å². The molecule has 0 aliphatic rings. The molecule has 2 rings (SSSR count). The smallest absolute Gasteiger partial charge is 0.243 e. The monoisotopic (exact) mass is 422 g/mol. The van der Waals surface area contributed by atoms with E-state index in [0.717, 1.165) is 4.31 Å². The number of carbonyl (C=O) groups is 1. The molecule has 2 aromatic rings. The number of amides is 1. The first-order valence-electron chi connectivity index (χ1n) is 8.03. The zero-order valence-corrected chi connectivity index (χ0v) is 17.1. The van der Waals surface area contributed by atoms with Crippen LogP contribution < -0.4 is 15.4 Å². The molecule has 0 radical (unpaired) electrons. The Morgan fingerprint density at radius 2 is 1.96 bits per heavy atom. The molecule has 0 saturated carbocycles. The molecule has 148 valence electrons. The van der Waals surface area contributed by atoms with Crippen LogP contribution in [-0.4, -0.2) is 46.4 Å². The molecular formula is C18H19ClN4O4S. The van der Waals surface area contributed by atoms with Gasteiger partial charge in [0.05, 0.1) is 34.8 Å². The van der Waals surface area contributed by atoms with Crippen molar-refractivity contribution in [2.45, 2.75) is 4.90 Å². The maximum atomic E-state index is 12.3. The molecule has 0 aliphatic carbocycles. The summed E-state index contributed by atoms with van der Waals surface area (Å²) in [5.74, 6) is 0.00983. The minimum atomic E-state index is -3.63. The molecule has 2 N–H and O–H groups in total. The van der Waals surface area contributed by atoms with Crippen LogP contribution in [0.2, 0.25) is 5.02 Å². The maximum absolute atomic E-state index is 12.3. The molecule has 0 spiro atoms. The van der Waals surface area contributed by atoms with Crippen LogP contribution in [0.4, 0.5) is 11.4 Å².